The first-order valence-electron chi connectivity index (χ1n) is 6.21. The zero-order valence-corrected chi connectivity index (χ0v) is 12.8. The van der Waals surface area contributed by atoms with Crippen LogP contribution in [0.3, 0.4) is 0 Å². The van der Waals surface area contributed by atoms with E-state index in [1.807, 2.05) is 20.8 Å². The first-order chi connectivity index (χ1) is 8.11. The van der Waals surface area contributed by atoms with E-state index < -0.39 is 12.0 Å². The summed E-state index contributed by atoms with van der Waals surface area (Å²) in [6.45, 7) is 10.0. The number of rotatable bonds is 7. The number of nitrogens with one attached hydrogen (secondary N) is 1. The molecule has 0 aromatic carbocycles. The predicted molar refractivity (Wildman–Crippen MR) is 75.8 cm³/mol. The number of carbonyl (C=O) groups excluding carboxylic acids is 1. The second-order valence-electron chi connectivity index (χ2n) is 6.13. The number of carboxylic acids is 1. The largest absolute Gasteiger partial charge is 0.480 e. The molecule has 5 heteroatoms. The maximum atomic E-state index is 11.7. The first kappa shape index (κ1) is 17.3. The molecule has 0 fully saturated rings. The van der Waals surface area contributed by atoms with E-state index in [1.165, 1.54) is 0 Å². The first-order valence-corrected chi connectivity index (χ1v) is 7.37. The van der Waals surface area contributed by atoms with Crippen LogP contribution in [0.4, 0.5) is 0 Å². The highest BCUT2D eigenvalue weighted by atomic mass is 32.2. The van der Waals surface area contributed by atoms with E-state index in [0.717, 1.165) is 5.75 Å². The van der Waals surface area contributed by atoms with E-state index >= 15 is 0 Å². The number of thioether (sulfide) groups is 1. The molecule has 0 aliphatic carbocycles. The van der Waals surface area contributed by atoms with E-state index in [-0.39, 0.29) is 11.3 Å². The lowest BCUT2D eigenvalue weighted by molar-refractivity contribution is -0.141. The summed E-state index contributed by atoms with van der Waals surface area (Å²) in [6.07, 6.45) is 0.339. The summed E-state index contributed by atoms with van der Waals surface area (Å²) in [7, 11) is 0. The van der Waals surface area contributed by atoms with E-state index in [2.05, 4.69) is 19.2 Å². The average Bonchev–Trinajstić information content (AvgIpc) is 2.12. The lowest BCUT2D eigenvalue weighted by Crippen LogP contribution is -2.43. The van der Waals surface area contributed by atoms with Gasteiger partial charge in [-0.05, 0) is 17.1 Å². The Kier molecular flexibility index (Phi) is 7.36. The van der Waals surface area contributed by atoms with Gasteiger partial charge in [0.1, 0.15) is 6.04 Å². The van der Waals surface area contributed by atoms with Crippen LogP contribution in [-0.2, 0) is 9.59 Å². The standard InChI is InChI=1S/C13H25NO3S/c1-9(2)7-18-8-10(12(16)17)14-11(15)6-13(3,4)5/h9-10H,6-8H2,1-5H3,(H,14,15)(H,16,17)/t10-/m0/s1. The SMILES string of the molecule is CC(C)CSC[C@H](NC(=O)CC(C)(C)C)C(=O)O. The van der Waals surface area contributed by atoms with Gasteiger partial charge in [-0.1, -0.05) is 34.6 Å². The summed E-state index contributed by atoms with van der Waals surface area (Å²) in [4.78, 5) is 22.7. The van der Waals surface area contributed by atoms with Crippen molar-refractivity contribution in [3.63, 3.8) is 0 Å². The number of carboxylic acid groups (broad SMARTS) is 1. The van der Waals surface area contributed by atoms with Gasteiger partial charge in [-0.25, -0.2) is 4.79 Å². The number of aliphatic carboxylic acids is 1. The maximum absolute atomic E-state index is 11.7. The molecule has 0 aromatic rings. The molecular weight excluding hydrogens is 250 g/mol. The van der Waals surface area contributed by atoms with Crippen LogP contribution >= 0.6 is 11.8 Å². The highest BCUT2D eigenvalue weighted by molar-refractivity contribution is 7.99. The Morgan fingerprint density at radius 2 is 1.78 bits per heavy atom. The summed E-state index contributed by atoms with van der Waals surface area (Å²) < 4.78 is 0. The molecule has 1 atom stereocenters. The maximum Gasteiger partial charge on any atom is 0.327 e. The topological polar surface area (TPSA) is 66.4 Å². The molecule has 4 nitrogen and oxygen atoms in total. The molecule has 18 heavy (non-hydrogen) atoms. The Hall–Kier alpha value is -0.710. The van der Waals surface area contributed by atoms with E-state index in [9.17, 15) is 9.59 Å². The zero-order chi connectivity index (χ0) is 14.3. The highest BCUT2D eigenvalue weighted by Gasteiger charge is 2.23. The predicted octanol–water partition coefficient (Wildman–Crippen LogP) is 2.38. The molecule has 0 saturated carbocycles. The quantitative estimate of drug-likeness (QED) is 0.748. The Balaban J connectivity index is 4.19. The third-order valence-corrected chi connectivity index (χ3v) is 3.53. The average molecular weight is 275 g/mol. The highest BCUT2D eigenvalue weighted by Crippen LogP contribution is 2.18. The molecular formula is C13H25NO3S. The van der Waals surface area contributed by atoms with Gasteiger partial charge in [-0.2, -0.15) is 11.8 Å². The molecule has 0 aliphatic heterocycles. The van der Waals surface area contributed by atoms with Crippen molar-refractivity contribution >= 4 is 23.6 Å². The lowest BCUT2D eigenvalue weighted by Gasteiger charge is -2.20. The molecule has 0 aromatic heterocycles. The van der Waals surface area contributed by atoms with E-state index in [0.29, 0.717) is 18.1 Å². The fourth-order valence-corrected chi connectivity index (χ4v) is 2.39. The summed E-state index contributed by atoms with van der Waals surface area (Å²) in [5.41, 5.74) is -0.127. The van der Waals surface area contributed by atoms with Gasteiger partial charge in [-0.15, -0.1) is 0 Å². The third kappa shape index (κ3) is 9.33. The smallest absolute Gasteiger partial charge is 0.327 e. The van der Waals surface area contributed by atoms with Crippen LogP contribution in [0.1, 0.15) is 41.0 Å². The Morgan fingerprint density at radius 1 is 1.22 bits per heavy atom. The molecule has 0 unspecified atom stereocenters. The van der Waals surface area contributed by atoms with Crippen LogP contribution in [0.15, 0.2) is 0 Å². The Labute approximate surface area is 114 Å². The van der Waals surface area contributed by atoms with Crippen molar-refractivity contribution in [1.29, 1.82) is 0 Å². The Bertz CT molecular complexity index is 284. The fourth-order valence-electron chi connectivity index (χ4n) is 1.32. The van der Waals surface area contributed by atoms with Crippen molar-refractivity contribution in [2.45, 2.75) is 47.1 Å². The minimum Gasteiger partial charge on any atom is -0.480 e. The second kappa shape index (κ2) is 7.67. The molecule has 0 saturated heterocycles. The number of hydrogen-bond acceptors (Lipinski definition) is 3. The van der Waals surface area contributed by atoms with E-state index in [4.69, 9.17) is 5.11 Å². The van der Waals surface area contributed by atoms with Gasteiger partial charge in [0.25, 0.3) is 0 Å². The van der Waals surface area contributed by atoms with Gasteiger partial charge in [0, 0.05) is 12.2 Å². The van der Waals surface area contributed by atoms with Gasteiger partial charge in [0.15, 0.2) is 0 Å². The van der Waals surface area contributed by atoms with Crippen LogP contribution < -0.4 is 5.32 Å². The summed E-state index contributed by atoms with van der Waals surface area (Å²) in [5, 5.41) is 11.6. The van der Waals surface area contributed by atoms with Crippen molar-refractivity contribution in [2.24, 2.45) is 11.3 Å². The van der Waals surface area contributed by atoms with Gasteiger partial charge < -0.3 is 10.4 Å². The van der Waals surface area contributed by atoms with Crippen molar-refractivity contribution in [1.82, 2.24) is 5.32 Å². The molecule has 106 valence electrons. The van der Waals surface area contributed by atoms with Crippen molar-refractivity contribution in [3.8, 4) is 0 Å². The van der Waals surface area contributed by atoms with Gasteiger partial charge >= 0.3 is 5.97 Å². The zero-order valence-electron chi connectivity index (χ0n) is 11.9. The fraction of sp³-hybridized carbons (Fsp3) is 0.846. The third-order valence-electron chi connectivity index (χ3n) is 2.06. The molecule has 0 aliphatic rings. The van der Waals surface area contributed by atoms with Crippen molar-refractivity contribution in [3.05, 3.63) is 0 Å². The minimum absolute atomic E-state index is 0.127. The molecule has 0 rings (SSSR count). The summed E-state index contributed by atoms with van der Waals surface area (Å²) in [6, 6.07) is -0.788. The number of amides is 1. The molecule has 0 bridgehead atoms. The van der Waals surface area contributed by atoms with Crippen LogP contribution in [0, 0.1) is 11.3 Å². The van der Waals surface area contributed by atoms with Gasteiger partial charge in [0.05, 0.1) is 0 Å². The normalized spacial score (nSPS) is 13.4. The van der Waals surface area contributed by atoms with Gasteiger partial charge in [-0.3, -0.25) is 4.79 Å². The molecule has 0 radical (unpaired) electrons. The lowest BCUT2D eigenvalue weighted by atomic mass is 9.92. The molecule has 1 amide bonds. The monoisotopic (exact) mass is 275 g/mol. The van der Waals surface area contributed by atoms with Crippen molar-refractivity contribution in [2.75, 3.05) is 11.5 Å². The van der Waals surface area contributed by atoms with E-state index in [1.54, 1.807) is 11.8 Å². The van der Waals surface area contributed by atoms with Crippen LogP contribution in [0.2, 0.25) is 0 Å². The van der Waals surface area contributed by atoms with Crippen molar-refractivity contribution < 1.29 is 14.7 Å². The summed E-state index contributed by atoms with van der Waals surface area (Å²) >= 11 is 1.56. The minimum atomic E-state index is -0.964. The molecule has 2 N–H and O–H groups in total. The number of carbonyl (C=O) groups is 2. The molecule has 0 spiro atoms. The van der Waals surface area contributed by atoms with Crippen LogP contribution in [-0.4, -0.2) is 34.5 Å². The molecule has 0 heterocycles. The van der Waals surface area contributed by atoms with Gasteiger partial charge in [0.2, 0.25) is 5.91 Å². The second-order valence-corrected chi connectivity index (χ2v) is 7.20. The Morgan fingerprint density at radius 3 is 2.17 bits per heavy atom. The number of hydrogen-bond donors (Lipinski definition) is 2. The summed E-state index contributed by atoms with van der Waals surface area (Å²) in [5.74, 6) is 0.686. The van der Waals surface area contributed by atoms with Crippen LogP contribution in [0.25, 0.3) is 0 Å². The van der Waals surface area contributed by atoms with Crippen LogP contribution in [0.5, 0.6) is 0 Å².